The predicted molar refractivity (Wildman–Crippen MR) is 57.0 cm³/mol. The van der Waals surface area contributed by atoms with Crippen molar-refractivity contribution < 1.29 is 14.0 Å². The second-order valence-electron chi connectivity index (χ2n) is 4.14. The van der Waals surface area contributed by atoms with E-state index in [0.29, 0.717) is 5.75 Å². The molecule has 3 nitrogen and oxygen atoms in total. The van der Waals surface area contributed by atoms with Crippen LogP contribution >= 0.6 is 8.25 Å². The molecule has 1 unspecified atom stereocenters. The highest BCUT2D eigenvalue weighted by Gasteiger charge is 2.12. The van der Waals surface area contributed by atoms with E-state index in [9.17, 15) is 4.57 Å². The summed E-state index contributed by atoms with van der Waals surface area (Å²) < 4.78 is 15.1. The summed E-state index contributed by atoms with van der Waals surface area (Å²) in [5, 5.41) is 0. The quantitative estimate of drug-likeness (QED) is 0.770. The summed E-state index contributed by atoms with van der Waals surface area (Å²) in [5.41, 5.74) is 1.26. The van der Waals surface area contributed by atoms with Gasteiger partial charge in [0.15, 0.2) is 0 Å². The average molecular weight is 214 g/mol. The fourth-order valence-corrected chi connectivity index (χ4v) is 1.46. The number of hydrogen-bond acceptors (Lipinski definition) is 2. The fourth-order valence-electron chi connectivity index (χ4n) is 1.12. The Bertz CT molecular complexity index is 324. The molecule has 0 aromatic heterocycles. The molecule has 1 N–H and O–H groups in total. The van der Waals surface area contributed by atoms with E-state index < -0.39 is 8.25 Å². The van der Waals surface area contributed by atoms with Crippen molar-refractivity contribution in [2.24, 2.45) is 0 Å². The van der Waals surface area contributed by atoms with E-state index >= 15 is 0 Å². The molecule has 0 radical (unpaired) electrons. The van der Waals surface area contributed by atoms with E-state index in [1.54, 1.807) is 12.1 Å². The maximum absolute atomic E-state index is 10.4. The van der Waals surface area contributed by atoms with Crippen LogP contribution in [0.3, 0.4) is 0 Å². The van der Waals surface area contributed by atoms with E-state index in [0.717, 1.165) is 0 Å². The highest BCUT2D eigenvalue weighted by atomic mass is 31.1. The van der Waals surface area contributed by atoms with Crippen LogP contribution in [-0.4, -0.2) is 4.89 Å². The maximum Gasteiger partial charge on any atom is 0.365 e. The van der Waals surface area contributed by atoms with Crippen LogP contribution in [0.5, 0.6) is 5.75 Å². The first-order valence-corrected chi connectivity index (χ1v) is 5.67. The molecule has 78 valence electrons. The molecule has 1 aromatic rings. The van der Waals surface area contributed by atoms with Gasteiger partial charge in [-0.15, -0.1) is 0 Å². The summed E-state index contributed by atoms with van der Waals surface area (Å²) in [5.74, 6) is 0.435. The molecule has 14 heavy (non-hydrogen) atoms. The molecular weight excluding hydrogens is 199 g/mol. The Morgan fingerprint density at radius 2 is 1.71 bits per heavy atom. The number of hydrogen-bond donors (Lipinski definition) is 1. The summed E-state index contributed by atoms with van der Waals surface area (Å²) >= 11 is 0. The standard InChI is InChI=1S/C10H15O3P/c1-10(2,3)8-4-6-9(7-5-8)13-14(11)12/h4-7,14H,1-3H3,(H,11,12). The van der Waals surface area contributed by atoms with Crippen molar-refractivity contribution in [3.05, 3.63) is 29.8 Å². The minimum atomic E-state index is -2.88. The Kier molecular flexibility index (Phi) is 3.35. The van der Waals surface area contributed by atoms with Crippen LogP contribution in [0.4, 0.5) is 0 Å². The zero-order valence-electron chi connectivity index (χ0n) is 8.57. The third-order valence-corrected chi connectivity index (χ3v) is 2.34. The summed E-state index contributed by atoms with van der Waals surface area (Å²) in [6.45, 7) is 6.33. The Hall–Kier alpha value is -0.790. The molecule has 0 aliphatic carbocycles. The molecule has 0 spiro atoms. The molecule has 0 saturated heterocycles. The van der Waals surface area contributed by atoms with E-state index in [2.05, 4.69) is 25.3 Å². The lowest BCUT2D eigenvalue weighted by Gasteiger charge is -2.18. The van der Waals surface area contributed by atoms with Crippen molar-refractivity contribution in [2.45, 2.75) is 26.2 Å². The molecule has 4 heteroatoms. The molecule has 0 amide bonds. The third kappa shape index (κ3) is 3.17. The van der Waals surface area contributed by atoms with Crippen LogP contribution in [0.1, 0.15) is 26.3 Å². The molecule has 1 aromatic carbocycles. The predicted octanol–water partition coefficient (Wildman–Crippen LogP) is 2.74. The number of benzene rings is 1. The lowest BCUT2D eigenvalue weighted by atomic mass is 9.87. The van der Waals surface area contributed by atoms with Gasteiger partial charge in [-0.3, -0.25) is 0 Å². The second kappa shape index (κ2) is 4.16. The Morgan fingerprint density at radius 1 is 1.21 bits per heavy atom. The summed E-state index contributed by atoms with van der Waals surface area (Å²) in [4.78, 5) is 8.56. The zero-order chi connectivity index (χ0) is 10.8. The van der Waals surface area contributed by atoms with Crippen LogP contribution in [0.15, 0.2) is 24.3 Å². The van der Waals surface area contributed by atoms with Gasteiger partial charge in [0, 0.05) is 0 Å². The van der Waals surface area contributed by atoms with Gasteiger partial charge in [-0.05, 0) is 23.1 Å². The Morgan fingerprint density at radius 3 is 2.07 bits per heavy atom. The van der Waals surface area contributed by atoms with E-state index in [-0.39, 0.29) is 5.41 Å². The molecule has 1 atom stereocenters. The van der Waals surface area contributed by atoms with Gasteiger partial charge >= 0.3 is 8.25 Å². The molecule has 0 aliphatic rings. The van der Waals surface area contributed by atoms with Gasteiger partial charge in [0.25, 0.3) is 0 Å². The van der Waals surface area contributed by atoms with Crippen LogP contribution < -0.4 is 4.52 Å². The van der Waals surface area contributed by atoms with E-state index in [4.69, 9.17) is 4.89 Å². The van der Waals surface area contributed by atoms with E-state index in [1.165, 1.54) is 5.56 Å². The summed E-state index contributed by atoms with van der Waals surface area (Å²) in [7, 11) is -2.88. The lowest BCUT2D eigenvalue weighted by Crippen LogP contribution is -2.10. The first-order valence-electron chi connectivity index (χ1n) is 4.41. The van der Waals surface area contributed by atoms with Gasteiger partial charge in [0.05, 0.1) is 0 Å². The first-order chi connectivity index (χ1) is 6.39. The molecule has 0 bridgehead atoms. The van der Waals surface area contributed by atoms with Gasteiger partial charge in [-0.25, -0.2) is 4.57 Å². The van der Waals surface area contributed by atoms with Crippen molar-refractivity contribution in [2.75, 3.05) is 0 Å². The minimum Gasteiger partial charge on any atom is -0.426 e. The Balaban J connectivity index is 2.84. The smallest absolute Gasteiger partial charge is 0.365 e. The van der Waals surface area contributed by atoms with Crippen molar-refractivity contribution in [3.63, 3.8) is 0 Å². The monoisotopic (exact) mass is 214 g/mol. The fraction of sp³-hybridized carbons (Fsp3) is 0.400. The van der Waals surface area contributed by atoms with Gasteiger partial charge < -0.3 is 9.42 Å². The highest BCUT2D eigenvalue weighted by Crippen LogP contribution is 2.27. The average Bonchev–Trinajstić information content (AvgIpc) is 2.02. The molecule has 0 saturated carbocycles. The van der Waals surface area contributed by atoms with Gasteiger partial charge in [0.1, 0.15) is 5.75 Å². The van der Waals surface area contributed by atoms with Crippen molar-refractivity contribution >= 4 is 8.25 Å². The normalized spacial score (nSPS) is 13.7. The summed E-state index contributed by atoms with van der Waals surface area (Å²) in [6.07, 6.45) is 0. The van der Waals surface area contributed by atoms with Crippen LogP contribution in [0.25, 0.3) is 0 Å². The number of rotatable bonds is 2. The first kappa shape index (κ1) is 11.3. The van der Waals surface area contributed by atoms with Crippen LogP contribution in [0, 0.1) is 0 Å². The van der Waals surface area contributed by atoms with Crippen molar-refractivity contribution in [1.82, 2.24) is 0 Å². The van der Waals surface area contributed by atoms with Crippen molar-refractivity contribution in [1.29, 1.82) is 0 Å². The maximum atomic E-state index is 10.4. The Labute approximate surface area is 84.7 Å². The van der Waals surface area contributed by atoms with Crippen LogP contribution in [0.2, 0.25) is 0 Å². The zero-order valence-corrected chi connectivity index (χ0v) is 9.57. The van der Waals surface area contributed by atoms with E-state index in [1.807, 2.05) is 12.1 Å². The third-order valence-electron chi connectivity index (χ3n) is 1.93. The molecule has 0 aliphatic heterocycles. The molecular formula is C10H15O3P. The molecule has 0 heterocycles. The topological polar surface area (TPSA) is 46.5 Å². The second-order valence-corrected chi connectivity index (χ2v) is 4.88. The minimum absolute atomic E-state index is 0.0863. The largest absolute Gasteiger partial charge is 0.426 e. The highest BCUT2D eigenvalue weighted by molar-refractivity contribution is 7.32. The van der Waals surface area contributed by atoms with Gasteiger partial charge in [-0.2, -0.15) is 0 Å². The van der Waals surface area contributed by atoms with Gasteiger partial charge in [-0.1, -0.05) is 32.9 Å². The SMILES string of the molecule is CC(C)(C)c1ccc(O[PH](=O)O)cc1. The lowest BCUT2D eigenvalue weighted by molar-refractivity contribution is 0.410. The van der Waals surface area contributed by atoms with Gasteiger partial charge in [0.2, 0.25) is 0 Å². The molecule has 0 fully saturated rings. The molecule has 1 rings (SSSR count). The van der Waals surface area contributed by atoms with Crippen LogP contribution in [-0.2, 0) is 9.98 Å². The summed E-state index contributed by atoms with van der Waals surface area (Å²) in [6, 6.07) is 7.22. The van der Waals surface area contributed by atoms with Crippen molar-refractivity contribution in [3.8, 4) is 5.75 Å².